The van der Waals surface area contributed by atoms with Crippen LogP contribution in [0.2, 0.25) is 0 Å². The molecule has 0 aromatic heterocycles. The molecule has 0 aliphatic heterocycles. The Labute approximate surface area is 130 Å². The van der Waals surface area contributed by atoms with Gasteiger partial charge in [-0.25, -0.2) is 0 Å². The van der Waals surface area contributed by atoms with Crippen molar-refractivity contribution < 1.29 is 9.90 Å². The fourth-order valence-corrected chi connectivity index (χ4v) is 1.99. The van der Waals surface area contributed by atoms with E-state index in [4.69, 9.17) is 5.11 Å². The van der Waals surface area contributed by atoms with Gasteiger partial charge >= 0.3 is 5.97 Å². The second-order valence-electron chi connectivity index (χ2n) is 5.60. The van der Waals surface area contributed by atoms with Gasteiger partial charge in [-0.15, -0.1) is 0 Å². The number of hydrogen-bond acceptors (Lipinski definition) is 1. The topological polar surface area (TPSA) is 37.3 Å². The van der Waals surface area contributed by atoms with Crippen LogP contribution in [0.15, 0.2) is 36.5 Å². The zero-order valence-corrected chi connectivity index (χ0v) is 13.8. The molecule has 0 saturated heterocycles. The number of carbonyl (C=O) groups is 1. The van der Waals surface area contributed by atoms with Crippen molar-refractivity contribution in [3.8, 4) is 0 Å². The maximum Gasteiger partial charge on any atom is 0.303 e. The van der Waals surface area contributed by atoms with E-state index in [1.165, 1.54) is 25.7 Å². The van der Waals surface area contributed by atoms with Gasteiger partial charge in [-0.05, 0) is 44.4 Å². The second-order valence-corrected chi connectivity index (χ2v) is 5.60. The Balaban J connectivity index is 3.54. The van der Waals surface area contributed by atoms with Crippen molar-refractivity contribution in [2.24, 2.45) is 5.92 Å². The van der Waals surface area contributed by atoms with Crippen molar-refractivity contribution in [1.29, 1.82) is 0 Å². The molecule has 0 rings (SSSR count). The molecule has 0 amide bonds. The van der Waals surface area contributed by atoms with Crippen LogP contribution in [0.5, 0.6) is 0 Å². The molecule has 0 aromatic rings. The summed E-state index contributed by atoms with van der Waals surface area (Å²) in [5.41, 5.74) is 0. The molecule has 120 valence electrons. The molecule has 2 heteroatoms. The molecule has 1 unspecified atom stereocenters. The third-order valence-corrected chi connectivity index (χ3v) is 3.31. The lowest BCUT2D eigenvalue weighted by atomic mass is 10.1. The minimum absolute atomic E-state index is 0.267. The number of hydrogen-bond donors (Lipinski definition) is 1. The maximum absolute atomic E-state index is 10.4. The van der Waals surface area contributed by atoms with Crippen LogP contribution in [-0.4, -0.2) is 11.1 Å². The van der Waals surface area contributed by atoms with E-state index >= 15 is 0 Å². The summed E-state index contributed by atoms with van der Waals surface area (Å²) in [5, 5.41) is 8.53. The van der Waals surface area contributed by atoms with Gasteiger partial charge in [0, 0.05) is 6.42 Å². The smallest absolute Gasteiger partial charge is 0.303 e. The van der Waals surface area contributed by atoms with E-state index in [2.05, 4.69) is 50.3 Å². The highest BCUT2D eigenvalue weighted by molar-refractivity contribution is 5.66. The summed E-state index contributed by atoms with van der Waals surface area (Å²) in [6.45, 7) is 4.42. The average Bonchev–Trinajstić information content (AvgIpc) is 2.45. The number of unbranched alkanes of at least 4 members (excludes halogenated alkanes) is 4. The number of aliphatic carboxylic acids is 1. The second kappa shape index (κ2) is 15.1. The Morgan fingerprint density at radius 2 is 1.71 bits per heavy atom. The predicted molar refractivity (Wildman–Crippen MR) is 91.4 cm³/mol. The Hall–Kier alpha value is -1.31. The first-order valence-electron chi connectivity index (χ1n) is 8.35. The van der Waals surface area contributed by atoms with Crippen molar-refractivity contribution >= 4 is 5.97 Å². The largest absolute Gasteiger partial charge is 0.481 e. The summed E-state index contributed by atoms with van der Waals surface area (Å²) in [7, 11) is 0. The molecule has 0 saturated carbocycles. The van der Waals surface area contributed by atoms with Crippen LogP contribution >= 0.6 is 0 Å². The van der Waals surface area contributed by atoms with Crippen molar-refractivity contribution in [1.82, 2.24) is 0 Å². The zero-order chi connectivity index (χ0) is 15.8. The summed E-state index contributed by atoms with van der Waals surface area (Å²) in [5.74, 6) is -0.179. The molecular weight excluding hydrogens is 260 g/mol. The fourth-order valence-electron chi connectivity index (χ4n) is 1.99. The summed E-state index contributed by atoms with van der Waals surface area (Å²) in [6.07, 6.45) is 22.4. The van der Waals surface area contributed by atoms with E-state index in [1.54, 1.807) is 0 Å². The van der Waals surface area contributed by atoms with Crippen LogP contribution in [0, 0.1) is 5.92 Å². The fraction of sp³-hybridized carbons (Fsp3) is 0.632. The molecular formula is C19H32O2. The van der Waals surface area contributed by atoms with Gasteiger partial charge in [0.25, 0.3) is 0 Å². The molecule has 0 bridgehead atoms. The number of carboxylic acid groups (broad SMARTS) is 1. The molecule has 0 heterocycles. The summed E-state index contributed by atoms with van der Waals surface area (Å²) in [6, 6.07) is 0. The highest BCUT2D eigenvalue weighted by Crippen LogP contribution is 2.07. The van der Waals surface area contributed by atoms with Crippen LogP contribution < -0.4 is 0 Å². The molecule has 21 heavy (non-hydrogen) atoms. The van der Waals surface area contributed by atoms with E-state index in [-0.39, 0.29) is 6.42 Å². The molecule has 0 radical (unpaired) electrons. The SMILES string of the molecule is CCCCC/C=C\C/C=C\CC(C)/C=C/CCCC(=O)O. The molecule has 0 aliphatic rings. The van der Waals surface area contributed by atoms with Crippen molar-refractivity contribution in [3.63, 3.8) is 0 Å². The van der Waals surface area contributed by atoms with Crippen LogP contribution in [0.25, 0.3) is 0 Å². The van der Waals surface area contributed by atoms with Gasteiger partial charge in [0.1, 0.15) is 0 Å². The van der Waals surface area contributed by atoms with E-state index in [9.17, 15) is 4.79 Å². The lowest BCUT2D eigenvalue weighted by Gasteiger charge is -2.00. The van der Waals surface area contributed by atoms with Gasteiger partial charge in [0.15, 0.2) is 0 Å². The normalized spacial score (nSPS) is 13.6. The Morgan fingerprint density at radius 3 is 2.43 bits per heavy atom. The monoisotopic (exact) mass is 292 g/mol. The number of rotatable bonds is 13. The minimum Gasteiger partial charge on any atom is -0.481 e. The first kappa shape index (κ1) is 19.7. The molecule has 0 spiro atoms. The Morgan fingerprint density at radius 1 is 1.00 bits per heavy atom. The summed E-state index contributed by atoms with van der Waals surface area (Å²) in [4.78, 5) is 10.4. The summed E-state index contributed by atoms with van der Waals surface area (Å²) >= 11 is 0. The first-order chi connectivity index (χ1) is 10.2. The molecule has 0 aromatic carbocycles. The van der Waals surface area contributed by atoms with Crippen LogP contribution in [0.3, 0.4) is 0 Å². The first-order valence-corrected chi connectivity index (χ1v) is 8.35. The lowest BCUT2D eigenvalue weighted by Crippen LogP contribution is -1.92. The number of carboxylic acids is 1. The third-order valence-electron chi connectivity index (χ3n) is 3.31. The van der Waals surface area contributed by atoms with Gasteiger partial charge in [0.05, 0.1) is 0 Å². The predicted octanol–water partition coefficient (Wildman–Crippen LogP) is 5.91. The van der Waals surface area contributed by atoms with Crippen LogP contribution in [0.1, 0.15) is 71.6 Å². The van der Waals surface area contributed by atoms with Crippen LogP contribution in [0.4, 0.5) is 0 Å². The van der Waals surface area contributed by atoms with Crippen molar-refractivity contribution in [3.05, 3.63) is 36.5 Å². The minimum atomic E-state index is -0.706. The van der Waals surface area contributed by atoms with Gasteiger partial charge in [-0.3, -0.25) is 4.79 Å². The van der Waals surface area contributed by atoms with E-state index in [0.29, 0.717) is 5.92 Å². The van der Waals surface area contributed by atoms with E-state index in [0.717, 1.165) is 25.7 Å². The average molecular weight is 292 g/mol. The van der Waals surface area contributed by atoms with Gasteiger partial charge < -0.3 is 5.11 Å². The zero-order valence-electron chi connectivity index (χ0n) is 13.8. The number of allylic oxidation sites excluding steroid dienone is 6. The highest BCUT2D eigenvalue weighted by Gasteiger charge is 1.95. The van der Waals surface area contributed by atoms with Gasteiger partial charge in [-0.2, -0.15) is 0 Å². The highest BCUT2D eigenvalue weighted by atomic mass is 16.4. The van der Waals surface area contributed by atoms with Crippen molar-refractivity contribution in [2.75, 3.05) is 0 Å². The maximum atomic E-state index is 10.4. The van der Waals surface area contributed by atoms with Crippen LogP contribution in [-0.2, 0) is 4.79 Å². The Bertz CT molecular complexity index is 326. The van der Waals surface area contributed by atoms with E-state index in [1.807, 2.05) is 0 Å². The third kappa shape index (κ3) is 16.6. The molecule has 2 nitrogen and oxygen atoms in total. The standard InChI is InChI=1S/C19H32O2/c1-3-4-5-6-7-8-9-10-12-15-18(2)16-13-11-14-17-19(20)21/h7-8,10,12-13,16,18H,3-6,9,11,14-15,17H2,1-2H3,(H,20,21)/b8-7-,12-10-,16-13+. The molecule has 0 aliphatic carbocycles. The quantitative estimate of drug-likeness (QED) is 0.338. The molecule has 1 N–H and O–H groups in total. The van der Waals surface area contributed by atoms with E-state index < -0.39 is 5.97 Å². The van der Waals surface area contributed by atoms with Crippen molar-refractivity contribution in [2.45, 2.75) is 71.6 Å². The van der Waals surface area contributed by atoms with Gasteiger partial charge in [-0.1, -0.05) is 63.1 Å². The summed E-state index contributed by atoms with van der Waals surface area (Å²) < 4.78 is 0. The molecule has 1 atom stereocenters. The lowest BCUT2D eigenvalue weighted by molar-refractivity contribution is -0.137. The molecule has 0 fully saturated rings. The van der Waals surface area contributed by atoms with Gasteiger partial charge in [0.2, 0.25) is 0 Å². The Kier molecular flexibility index (Phi) is 14.1.